The van der Waals surface area contributed by atoms with Gasteiger partial charge in [0, 0.05) is 22.9 Å². The summed E-state index contributed by atoms with van der Waals surface area (Å²) in [6.07, 6.45) is 1.02. The number of amides is 3. The fourth-order valence-electron chi connectivity index (χ4n) is 3.22. The minimum Gasteiger partial charge on any atom is -0.481 e. The number of H-pyrrole nitrogens is 1. The second-order valence-electron chi connectivity index (χ2n) is 7.65. The number of benzene rings is 1. The van der Waals surface area contributed by atoms with Crippen LogP contribution in [0.5, 0.6) is 0 Å². The first kappa shape index (κ1) is 27.6. The van der Waals surface area contributed by atoms with Crippen molar-refractivity contribution >= 4 is 53.2 Å². The van der Waals surface area contributed by atoms with Crippen molar-refractivity contribution < 1.29 is 39.3 Å². The number of aromatic nitrogens is 1. The number of para-hydroxylation sites is 1. The number of rotatable bonds is 13. The van der Waals surface area contributed by atoms with Crippen molar-refractivity contribution in [3.8, 4) is 0 Å². The van der Waals surface area contributed by atoms with E-state index < -0.39 is 66.9 Å². The fraction of sp³-hybridized carbons (Fsp3) is 0.381. The van der Waals surface area contributed by atoms with E-state index in [1.165, 1.54) is 0 Å². The molecule has 0 fully saturated rings. The highest BCUT2D eigenvalue weighted by molar-refractivity contribution is 7.80. The number of carbonyl (C=O) groups excluding carboxylic acids is 3. The average Bonchev–Trinajstić information content (AvgIpc) is 3.22. The lowest BCUT2D eigenvalue weighted by atomic mass is 10.0. The van der Waals surface area contributed by atoms with Crippen LogP contribution in [-0.4, -0.2) is 86.5 Å². The van der Waals surface area contributed by atoms with Gasteiger partial charge in [0.05, 0.1) is 19.1 Å². The Morgan fingerprint density at radius 1 is 0.943 bits per heavy atom. The van der Waals surface area contributed by atoms with E-state index in [4.69, 9.17) is 21.1 Å². The van der Waals surface area contributed by atoms with Crippen LogP contribution in [0, 0.1) is 0 Å². The summed E-state index contributed by atoms with van der Waals surface area (Å²) in [5, 5.41) is 34.5. The van der Waals surface area contributed by atoms with Gasteiger partial charge in [0.2, 0.25) is 17.7 Å². The van der Waals surface area contributed by atoms with E-state index in [0.29, 0.717) is 0 Å². The molecule has 4 unspecified atom stereocenters. The van der Waals surface area contributed by atoms with E-state index in [1.807, 2.05) is 29.6 Å². The third-order valence-corrected chi connectivity index (χ3v) is 5.44. The molecule has 13 nitrogen and oxygen atoms in total. The summed E-state index contributed by atoms with van der Waals surface area (Å²) in [6, 6.07) is 1.78. The normalized spacial score (nSPS) is 14.4. The van der Waals surface area contributed by atoms with Crippen LogP contribution in [0.2, 0.25) is 0 Å². The molecule has 1 heterocycles. The highest BCUT2D eigenvalue weighted by Gasteiger charge is 2.31. The fourth-order valence-corrected chi connectivity index (χ4v) is 3.47. The largest absolute Gasteiger partial charge is 0.481 e. The SMILES string of the molecule is NC(Cc1c[nH]c2ccccc12)C(=O)NC(CS)C(=O)NC(CC(=O)O)C(=O)NC(CO)C(=O)O. The van der Waals surface area contributed by atoms with E-state index in [2.05, 4.69) is 28.2 Å². The molecular weight excluding hydrogens is 482 g/mol. The summed E-state index contributed by atoms with van der Waals surface area (Å²) < 4.78 is 0. The van der Waals surface area contributed by atoms with Crippen molar-refractivity contribution in [1.82, 2.24) is 20.9 Å². The monoisotopic (exact) mass is 509 g/mol. The smallest absolute Gasteiger partial charge is 0.328 e. The van der Waals surface area contributed by atoms with Crippen LogP contribution in [0.3, 0.4) is 0 Å². The highest BCUT2D eigenvalue weighted by Crippen LogP contribution is 2.18. The molecule has 0 saturated carbocycles. The number of aromatic amines is 1. The van der Waals surface area contributed by atoms with Crippen molar-refractivity contribution in [2.24, 2.45) is 5.73 Å². The lowest BCUT2D eigenvalue weighted by Crippen LogP contribution is -2.58. The lowest BCUT2D eigenvalue weighted by molar-refractivity contribution is -0.144. The van der Waals surface area contributed by atoms with Gasteiger partial charge in [0.15, 0.2) is 0 Å². The molecule has 0 aliphatic heterocycles. The van der Waals surface area contributed by atoms with Crippen LogP contribution in [0.25, 0.3) is 10.9 Å². The van der Waals surface area contributed by atoms with Crippen LogP contribution >= 0.6 is 12.6 Å². The van der Waals surface area contributed by atoms with Crippen LogP contribution in [-0.2, 0) is 30.4 Å². The Bertz CT molecular complexity index is 1090. The molecule has 0 aliphatic rings. The Morgan fingerprint density at radius 3 is 2.14 bits per heavy atom. The number of nitrogens with two attached hydrogens (primary N) is 1. The van der Waals surface area contributed by atoms with Crippen molar-refractivity contribution in [3.63, 3.8) is 0 Å². The molecule has 4 atom stereocenters. The molecule has 14 heteroatoms. The van der Waals surface area contributed by atoms with E-state index in [1.54, 1.807) is 6.20 Å². The first-order chi connectivity index (χ1) is 16.6. The first-order valence-electron chi connectivity index (χ1n) is 10.4. The Hall–Kier alpha value is -3.62. The number of aliphatic hydroxyl groups excluding tert-OH is 1. The van der Waals surface area contributed by atoms with Crippen LogP contribution in [0.15, 0.2) is 30.5 Å². The number of fused-ring (bicyclic) bond motifs is 1. The second-order valence-corrected chi connectivity index (χ2v) is 8.02. The van der Waals surface area contributed by atoms with Crippen LogP contribution in [0.1, 0.15) is 12.0 Å². The van der Waals surface area contributed by atoms with Crippen molar-refractivity contribution in [2.45, 2.75) is 37.0 Å². The number of carbonyl (C=O) groups is 5. The summed E-state index contributed by atoms with van der Waals surface area (Å²) in [7, 11) is 0. The molecule has 0 bridgehead atoms. The summed E-state index contributed by atoms with van der Waals surface area (Å²) in [4.78, 5) is 62.8. The summed E-state index contributed by atoms with van der Waals surface area (Å²) in [5.74, 6) is -5.94. The Labute approximate surface area is 204 Å². The van der Waals surface area contributed by atoms with Crippen LogP contribution in [0.4, 0.5) is 0 Å². The molecule has 0 aliphatic carbocycles. The van der Waals surface area contributed by atoms with Gasteiger partial charge in [-0.2, -0.15) is 12.6 Å². The second kappa shape index (κ2) is 12.7. The maximum Gasteiger partial charge on any atom is 0.328 e. The summed E-state index contributed by atoms with van der Waals surface area (Å²) >= 11 is 4.03. The van der Waals surface area contributed by atoms with Gasteiger partial charge in [-0.3, -0.25) is 19.2 Å². The average molecular weight is 510 g/mol. The van der Waals surface area contributed by atoms with Crippen molar-refractivity contribution in [1.29, 1.82) is 0 Å². The number of thiol groups is 1. The van der Waals surface area contributed by atoms with E-state index in [9.17, 15) is 24.0 Å². The zero-order chi connectivity index (χ0) is 26.1. The molecule has 190 valence electrons. The number of aliphatic hydroxyl groups is 1. The van der Waals surface area contributed by atoms with Gasteiger partial charge in [-0.1, -0.05) is 18.2 Å². The summed E-state index contributed by atoms with van der Waals surface area (Å²) in [5.41, 5.74) is 7.68. The summed E-state index contributed by atoms with van der Waals surface area (Å²) in [6.45, 7) is -0.946. The predicted molar refractivity (Wildman–Crippen MR) is 127 cm³/mol. The molecule has 9 N–H and O–H groups in total. The quantitative estimate of drug-likeness (QED) is 0.136. The van der Waals surface area contributed by atoms with Gasteiger partial charge in [0.1, 0.15) is 18.1 Å². The third-order valence-electron chi connectivity index (χ3n) is 5.08. The van der Waals surface area contributed by atoms with Gasteiger partial charge in [-0.25, -0.2) is 4.79 Å². The molecule has 2 aromatic rings. The van der Waals surface area contributed by atoms with Crippen molar-refractivity contribution in [3.05, 3.63) is 36.0 Å². The van der Waals surface area contributed by atoms with Gasteiger partial charge in [-0.05, 0) is 18.1 Å². The topological polar surface area (TPSA) is 224 Å². The van der Waals surface area contributed by atoms with Crippen LogP contribution < -0.4 is 21.7 Å². The number of nitrogens with one attached hydrogen (secondary N) is 4. The predicted octanol–water partition coefficient (Wildman–Crippen LogP) is -2.03. The molecule has 0 saturated heterocycles. The molecular formula is C21H27N5O8S. The Balaban J connectivity index is 2.04. The molecule has 0 radical (unpaired) electrons. The van der Waals surface area contributed by atoms with Gasteiger partial charge < -0.3 is 42.0 Å². The van der Waals surface area contributed by atoms with Crippen molar-refractivity contribution in [2.75, 3.05) is 12.4 Å². The standard InChI is InChI=1S/C21H27N5O8S/c22-12(5-10-7-23-13-4-2-1-3-11(10)13)18(30)26-16(9-35)20(32)24-14(6-17(28)29)19(31)25-15(8-27)21(33)34/h1-4,7,12,14-16,23,27,35H,5-6,8-9,22H2,(H,24,32)(H,25,31)(H,26,30)(H,28,29)(H,33,34). The molecule has 0 spiro atoms. The third kappa shape index (κ3) is 7.70. The highest BCUT2D eigenvalue weighted by atomic mass is 32.1. The minimum absolute atomic E-state index is 0.165. The molecule has 1 aromatic carbocycles. The van der Waals surface area contributed by atoms with Gasteiger partial charge in [0.25, 0.3) is 0 Å². The molecule has 2 rings (SSSR count). The van der Waals surface area contributed by atoms with Gasteiger partial charge >= 0.3 is 11.9 Å². The zero-order valence-corrected chi connectivity index (χ0v) is 19.3. The van der Waals surface area contributed by atoms with E-state index in [0.717, 1.165) is 16.5 Å². The minimum atomic E-state index is -1.70. The number of aliphatic carboxylic acids is 2. The molecule has 3 amide bonds. The molecule has 35 heavy (non-hydrogen) atoms. The first-order valence-corrected chi connectivity index (χ1v) is 11.1. The van der Waals surface area contributed by atoms with Gasteiger partial charge in [-0.15, -0.1) is 0 Å². The number of hydrogen-bond acceptors (Lipinski definition) is 8. The lowest BCUT2D eigenvalue weighted by Gasteiger charge is -2.23. The molecule has 1 aromatic heterocycles. The number of hydrogen-bond donors (Lipinski definition) is 9. The zero-order valence-electron chi connectivity index (χ0n) is 18.4. The number of carboxylic acids is 2. The maximum atomic E-state index is 12.7. The number of carboxylic acid groups (broad SMARTS) is 2. The van der Waals surface area contributed by atoms with E-state index >= 15 is 0 Å². The Kier molecular flexibility index (Phi) is 10.1. The van der Waals surface area contributed by atoms with E-state index in [-0.39, 0.29) is 12.2 Å². The maximum absolute atomic E-state index is 12.7. The Morgan fingerprint density at radius 2 is 1.54 bits per heavy atom.